The summed E-state index contributed by atoms with van der Waals surface area (Å²) in [6.07, 6.45) is 4.68. The van der Waals surface area contributed by atoms with E-state index in [-0.39, 0.29) is 0 Å². The quantitative estimate of drug-likeness (QED) is 0.861. The minimum atomic E-state index is 0.654. The Labute approximate surface area is 114 Å². The number of rotatable bonds is 3. The monoisotopic (exact) mass is 339 g/mol. The van der Waals surface area contributed by atoms with Crippen molar-refractivity contribution in [2.24, 2.45) is 0 Å². The van der Waals surface area contributed by atoms with Gasteiger partial charge in [0.25, 0.3) is 0 Å². The van der Waals surface area contributed by atoms with Crippen LogP contribution in [-0.2, 0) is 0 Å². The van der Waals surface area contributed by atoms with Crippen LogP contribution in [0.25, 0.3) is 0 Å². The molecule has 0 atom stereocenters. The molecule has 3 nitrogen and oxygen atoms in total. The molecule has 0 radical (unpaired) electrons. The van der Waals surface area contributed by atoms with E-state index in [1.165, 1.54) is 16.4 Å². The van der Waals surface area contributed by atoms with Crippen LogP contribution in [0.2, 0.25) is 0 Å². The first kappa shape index (κ1) is 11.1. The summed E-state index contributed by atoms with van der Waals surface area (Å²) < 4.78 is 3.49. The topological polar surface area (TPSA) is 29.9 Å². The van der Waals surface area contributed by atoms with Crippen molar-refractivity contribution in [3.63, 3.8) is 0 Å². The maximum Gasteiger partial charge on any atom is 0.207 e. The standard InChI is InChI=1S/C13H14IN3/c1-9-8-17(12-5-6-12)13(15-9)16-11-4-2-3-10(14)7-11/h2-4,7-8,12H,5-6H2,1H3,(H,15,16). The van der Waals surface area contributed by atoms with E-state index in [1.54, 1.807) is 0 Å². The van der Waals surface area contributed by atoms with Crippen molar-refractivity contribution in [3.8, 4) is 0 Å². The van der Waals surface area contributed by atoms with Crippen molar-refractivity contribution < 1.29 is 0 Å². The fraction of sp³-hybridized carbons (Fsp3) is 0.308. The van der Waals surface area contributed by atoms with Gasteiger partial charge in [-0.15, -0.1) is 0 Å². The van der Waals surface area contributed by atoms with Crippen LogP contribution in [0.1, 0.15) is 24.6 Å². The Balaban J connectivity index is 1.89. The van der Waals surface area contributed by atoms with E-state index in [0.717, 1.165) is 17.3 Å². The normalized spacial score (nSPS) is 14.9. The SMILES string of the molecule is Cc1cn(C2CC2)c(Nc2cccc(I)c2)n1. The first-order chi connectivity index (χ1) is 8.22. The molecule has 0 saturated heterocycles. The van der Waals surface area contributed by atoms with Crippen molar-refractivity contribution in [1.29, 1.82) is 0 Å². The molecule has 0 amide bonds. The molecule has 4 heteroatoms. The van der Waals surface area contributed by atoms with Gasteiger partial charge in [-0.2, -0.15) is 0 Å². The third kappa shape index (κ3) is 2.46. The number of aromatic nitrogens is 2. The van der Waals surface area contributed by atoms with Crippen LogP contribution in [0.3, 0.4) is 0 Å². The Morgan fingerprint density at radius 3 is 2.94 bits per heavy atom. The third-order valence-electron chi connectivity index (χ3n) is 2.87. The van der Waals surface area contributed by atoms with E-state index in [9.17, 15) is 0 Å². The first-order valence-electron chi connectivity index (χ1n) is 5.80. The van der Waals surface area contributed by atoms with Gasteiger partial charge in [0.1, 0.15) is 0 Å². The largest absolute Gasteiger partial charge is 0.326 e. The summed E-state index contributed by atoms with van der Waals surface area (Å²) in [6.45, 7) is 2.04. The molecule has 1 heterocycles. The van der Waals surface area contributed by atoms with Crippen LogP contribution >= 0.6 is 22.6 Å². The van der Waals surface area contributed by atoms with Crippen molar-refractivity contribution in [2.75, 3.05) is 5.32 Å². The second-order valence-electron chi connectivity index (χ2n) is 4.48. The predicted molar refractivity (Wildman–Crippen MR) is 77.7 cm³/mol. The van der Waals surface area contributed by atoms with Crippen LogP contribution in [0.5, 0.6) is 0 Å². The highest BCUT2D eigenvalue weighted by Gasteiger charge is 2.26. The van der Waals surface area contributed by atoms with E-state index in [1.807, 2.05) is 6.92 Å². The van der Waals surface area contributed by atoms with E-state index in [2.05, 4.69) is 67.9 Å². The highest BCUT2D eigenvalue weighted by Crippen LogP contribution is 2.37. The molecule has 3 rings (SSSR count). The molecule has 1 aliphatic rings. The molecule has 0 aliphatic heterocycles. The molecule has 0 unspecified atom stereocenters. The van der Waals surface area contributed by atoms with Crippen molar-refractivity contribution in [3.05, 3.63) is 39.7 Å². The molecule has 1 fully saturated rings. The smallest absolute Gasteiger partial charge is 0.207 e. The molecule has 0 bridgehead atoms. The third-order valence-corrected chi connectivity index (χ3v) is 3.54. The molecule has 88 valence electrons. The second-order valence-corrected chi connectivity index (χ2v) is 5.73. The minimum absolute atomic E-state index is 0.654. The van der Waals surface area contributed by atoms with Gasteiger partial charge in [-0.05, 0) is 60.6 Å². The van der Waals surface area contributed by atoms with E-state index in [0.29, 0.717) is 6.04 Å². The molecule has 1 saturated carbocycles. The fourth-order valence-corrected chi connectivity index (χ4v) is 2.48. The maximum atomic E-state index is 4.55. The van der Waals surface area contributed by atoms with Gasteiger partial charge in [0.15, 0.2) is 0 Å². The highest BCUT2D eigenvalue weighted by molar-refractivity contribution is 14.1. The zero-order valence-corrected chi connectivity index (χ0v) is 11.8. The average Bonchev–Trinajstić information content (AvgIpc) is 3.04. The summed E-state index contributed by atoms with van der Waals surface area (Å²) in [5.74, 6) is 0.965. The lowest BCUT2D eigenvalue weighted by atomic mass is 10.3. The summed E-state index contributed by atoms with van der Waals surface area (Å²) in [7, 11) is 0. The number of nitrogens with one attached hydrogen (secondary N) is 1. The van der Waals surface area contributed by atoms with Gasteiger partial charge in [0.2, 0.25) is 5.95 Å². The Bertz CT molecular complexity index is 543. The summed E-state index contributed by atoms with van der Waals surface area (Å²) in [4.78, 5) is 4.55. The molecule has 2 aromatic rings. The number of nitrogens with zero attached hydrogens (tertiary/aromatic N) is 2. The molecular weight excluding hydrogens is 325 g/mol. The van der Waals surface area contributed by atoms with Gasteiger partial charge < -0.3 is 9.88 Å². The Morgan fingerprint density at radius 1 is 1.41 bits per heavy atom. The average molecular weight is 339 g/mol. The lowest BCUT2D eigenvalue weighted by Crippen LogP contribution is -2.01. The number of hydrogen-bond acceptors (Lipinski definition) is 2. The van der Waals surface area contributed by atoms with Crippen LogP contribution in [-0.4, -0.2) is 9.55 Å². The van der Waals surface area contributed by atoms with Gasteiger partial charge in [0.05, 0.1) is 5.69 Å². The van der Waals surface area contributed by atoms with E-state index < -0.39 is 0 Å². The Kier molecular flexibility index (Phi) is 2.82. The number of aryl methyl sites for hydroxylation is 1. The molecule has 0 spiro atoms. The number of hydrogen-bond donors (Lipinski definition) is 1. The summed E-state index contributed by atoms with van der Waals surface area (Å²) >= 11 is 2.32. The molecular formula is C13H14IN3. The summed E-state index contributed by atoms with van der Waals surface area (Å²) in [5, 5.41) is 3.40. The second kappa shape index (κ2) is 4.33. The van der Waals surface area contributed by atoms with E-state index >= 15 is 0 Å². The van der Waals surface area contributed by atoms with Gasteiger partial charge in [-0.25, -0.2) is 4.98 Å². The zero-order valence-electron chi connectivity index (χ0n) is 9.65. The maximum absolute atomic E-state index is 4.55. The zero-order chi connectivity index (χ0) is 11.8. The fourth-order valence-electron chi connectivity index (χ4n) is 1.93. The molecule has 1 N–H and O–H groups in total. The molecule has 1 aliphatic carbocycles. The summed E-state index contributed by atoms with van der Waals surface area (Å²) in [6, 6.07) is 9.00. The molecule has 1 aromatic heterocycles. The van der Waals surface area contributed by atoms with Crippen LogP contribution in [0.15, 0.2) is 30.5 Å². The number of imidazole rings is 1. The van der Waals surface area contributed by atoms with Crippen LogP contribution in [0, 0.1) is 10.5 Å². The summed E-state index contributed by atoms with van der Waals surface area (Å²) in [5.41, 5.74) is 2.18. The van der Waals surface area contributed by atoms with Gasteiger partial charge in [-0.1, -0.05) is 6.07 Å². The first-order valence-corrected chi connectivity index (χ1v) is 6.88. The van der Waals surface area contributed by atoms with E-state index in [4.69, 9.17) is 0 Å². The number of benzene rings is 1. The minimum Gasteiger partial charge on any atom is -0.326 e. The Morgan fingerprint density at radius 2 is 2.24 bits per heavy atom. The molecule has 1 aromatic carbocycles. The van der Waals surface area contributed by atoms with Crippen molar-refractivity contribution >= 4 is 34.2 Å². The van der Waals surface area contributed by atoms with Gasteiger partial charge in [-0.3, -0.25) is 0 Å². The lowest BCUT2D eigenvalue weighted by Gasteiger charge is -2.08. The van der Waals surface area contributed by atoms with Gasteiger partial charge >= 0.3 is 0 Å². The number of anilines is 2. The van der Waals surface area contributed by atoms with Gasteiger partial charge in [0, 0.05) is 21.5 Å². The van der Waals surface area contributed by atoms with Crippen LogP contribution < -0.4 is 5.32 Å². The number of halogens is 1. The molecule has 17 heavy (non-hydrogen) atoms. The Hall–Kier alpha value is -1.04. The predicted octanol–water partition coefficient (Wildman–Crippen LogP) is 3.87. The lowest BCUT2D eigenvalue weighted by molar-refractivity contribution is 0.750. The van der Waals surface area contributed by atoms with Crippen molar-refractivity contribution in [1.82, 2.24) is 9.55 Å². The van der Waals surface area contributed by atoms with Crippen LogP contribution in [0.4, 0.5) is 11.6 Å². The van der Waals surface area contributed by atoms with Crippen molar-refractivity contribution in [2.45, 2.75) is 25.8 Å². The highest BCUT2D eigenvalue weighted by atomic mass is 127.